The summed E-state index contributed by atoms with van der Waals surface area (Å²) in [4.78, 5) is 11.2. The van der Waals surface area contributed by atoms with E-state index in [2.05, 4.69) is 20.3 Å². The van der Waals surface area contributed by atoms with E-state index >= 15 is 0 Å². The lowest BCUT2D eigenvalue weighted by molar-refractivity contribution is 0.0593. The van der Waals surface area contributed by atoms with Gasteiger partial charge in [0.05, 0.1) is 7.11 Å². The summed E-state index contributed by atoms with van der Waals surface area (Å²) in [5.74, 6) is 0.0721. The molecule has 0 amide bonds. The molecule has 7 heteroatoms. The third-order valence-corrected chi connectivity index (χ3v) is 2.62. The van der Waals surface area contributed by atoms with E-state index in [1.54, 1.807) is 18.2 Å². The van der Waals surface area contributed by atoms with Crippen LogP contribution in [0.5, 0.6) is 5.75 Å². The van der Waals surface area contributed by atoms with E-state index in [1.165, 1.54) is 19.2 Å². The van der Waals surface area contributed by atoms with Crippen molar-refractivity contribution < 1.29 is 14.6 Å². The summed E-state index contributed by atoms with van der Waals surface area (Å²) in [6, 6.07) is 7.91. The van der Waals surface area contributed by atoms with Crippen LogP contribution < -0.4 is 11.1 Å². The van der Waals surface area contributed by atoms with Gasteiger partial charge in [-0.3, -0.25) is 0 Å². The van der Waals surface area contributed by atoms with Crippen LogP contribution in [0.1, 0.15) is 16.1 Å². The highest BCUT2D eigenvalue weighted by atomic mass is 16.5. The maximum absolute atomic E-state index is 11.2. The van der Waals surface area contributed by atoms with E-state index in [4.69, 9.17) is 5.73 Å². The molecule has 0 unspecified atom stereocenters. The second kappa shape index (κ2) is 5.87. The molecule has 2 rings (SSSR count). The standard InChI is InChI=1S/C13H14N4O3/c1-20-13(19)10-3-5-12(17-16-10)15-7-8-6-9(14)2-4-11(8)18/h2-6,18H,7,14H2,1H3,(H,15,17). The quantitative estimate of drug-likeness (QED) is 0.436. The Morgan fingerprint density at radius 1 is 1.35 bits per heavy atom. The first kappa shape index (κ1) is 13.6. The summed E-state index contributed by atoms with van der Waals surface area (Å²) in [7, 11) is 1.28. The van der Waals surface area contributed by atoms with Gasteiger partial charge in [-0.05, 0) is 30.3 Å². The number of aromatic nitrogens is 2. The number of carbonyl (C=O) groups excluding carboxylic acids is 1. The number of carbonyl (C=O) groups is 1. The zero-order chi connectivity index (χ0) is 14.5. The van der Waals surface area contributed by atoms with Gasteiger partial charge < -0.3 is 20.9 Å². The van der Waals surface area contributed by atoms with E-state index in [0.717, 1.165) is 0 Å². The first-order valence-corrected chi connectivity index (χ1v) is 5.83. The van der Waals surface area contributed by atoms with E-state index in [-0.39, 0.29) is 11.4 Å². The van der Waals surface area contributed by atoms with Gasteiger partial charge in [0, 0.05) is 17.8 Å². The van der Waals surface area contributed by atoms with Crippen LogP contribution in [0.15, 0.2) is 30.3 Å². The van der Waals surface area contributed by atoms with Crippen LogP contribution in [0.25, 0.3) is 0 Å². The second-order valence-electron chi connectivity index (χ2n) is 4.04. The number of nitrogens with one attached hydrogen (secondary N) is 1. The van der Waals surface area contributed by atoms with Gasteiger partial charge >= 0.3 is 5.97 Å². The molecule has 2 aromatic rings. The van der Waals surface area contributed by atoms with Crippen LogP contribution in [0, 0.1) is 0 Å². The van der Waals surface area contributed by atoms with Crippen LogP contribution in [0.4, 0.5) is 11.5 Å². The average Bonchev–Trinajstić information content (AvgIpc) is 2.48. The number of aromatic hydroxyl groups is 1. The number of ether oxygens (including phenoxy) is 1. The molecule has 20 heavy (non-hydrogen) atoms. The summed E-state index contributed by atoms with van der Waals surface area (Å²) in [5, 5.41) is 20.2. The first-order valence-electron chi connectivity index (χ1n) is 5.83. The van der Waals surface area contributed by atoms with Crippen LogP contribution in [0.3, 0.4) is 0 Å². The molecule has 104 valence electrons. The molecule has 1 aromatic carbocycles. The Labute approximate surface area is 115 Å². The molecule has 0 saturated carbocycles. The van der Waals surface area contributed by atoms with Crippen molar-refractivity contribution in [2.75, 3.05) is 18.2 Å². The van der Waals surface area contributed by atoms with Crippen molar-refractivity contribution in [2.24, 2.45) is 0 Å². The Balaban J connectivity index is 2.04. The fraction of sp³-hybridized carbons (Fsp3) is 0.154. The maximum Gasteiger partial charge on any atom is 0.358 e. The molecule has 1 heterocycles. The van der Waals surface area contributed by atoms with Crippen molar-refractivity contribution in [1.82, 2.24) is 10.2 Å². The van der Waals surface area contributed by atoms with Crippen LogP contribution in [-0.2, 0) is 11.3 Å². The SMILES string of the molecule is COC(=O)c1ccc(NCc2cc(N)ccc2O)nn1. The Morgan fingerprint density at radius 2 is 2.15 bits per heavy atom. The normalized spacial score (nSPS) is 10.1. The van der Waals surface area contributed by atoms with Crippen molar-refractivity contribution >= 4 is 17.5 Å². The minimum atomic E-state index is -0.544. The summed E-state index contributed by atoms with van der Waals surface area (Å²) in [6.45, 7) is 0.336. The summed E-state index contributed by atoms with van der Waals surface area (Å²) in [5.41, 5.74) is 6.98. The Morgan fingerprint density at radius 3 is 2.80 bits per heavy atom. The number of phenols is 1. The number of nitrogen functional groups attached to an aromatic ring is 1. The summed E-state index contributed by atoms with van der Waals surface area (Å²) in [6.07, 6.45) is 0. The highest BCUT2D eigenvalue weighted by molar-refractivity contribution is 5.86. The number of esters is 1. The highest BCUT2D eigenvalue weighted by Crippen LogP contribution is 2.20. The van der Waals surface area contributed by atoms with E-state index in [1.807, 2.05) is 0 Å². The van der Waals surface area contributed by atoms with Crippen molar-refractivity contribution in [1.29, 1.82) is 0 Å². The molecule has 0 saturated heterocycles. The summed E-state index contributed by atoms with van der Waals surface area (Å²) < 4.78 is 4.53. The Kier molecular flexibility index (Phi) is 3.99. The minimum absolute atomic E-state index is 0.129. The molecule has 1 aromatic heterocycles. The monoisotopic (exact) mass is 274 g/mol. The lowest BCUT2D eigenvalue weighted by atomic mass is 10.2. The van der Waals surface area contributed by atoms with Gasteiger partial charge in [0.2, 0.25) is 0 Å². The number of methoxy groups -OCH3 is 1. The predicted octanol–water partition coefficient (Wildman–Crippen LogP) is 1.16. The van der Waals surface area contributed by atoms with Gasteiger partial charge in [-0.1, -0.05) is 0 Å². The zero-order valence-corrected chi connectivity index (χ0v) is 10.8. The summed E-state index contributed by atoms with van der Waals surface area (Å²) >= 11 is 0. The van der Waals surface area contributed by atoms with Gasteiger partial charge in [0.25, 0.3) is 0 Å². The molecule has 4 N–H and O–H groups in total. The average molecular weight is 274 g/mol. The van der Waals surface area contributed by atoms with Crippen LogP contribution in [0.2, 0.25) is 0 Å². The lowest BCUT2D eigenvalue weighted by Crippen LogP contribution is -2.08. The van der Waals surface area contributed by atoms with Gasteiger partial charge in [0.1, 0.15) is 11.6 Å². The molecule has 0 aliphatic carbocycles. The second-order valence-corrected chi connectivity index (χ2v) is 4.04. The van der Waals surface area contributed by atoms with E-state index in [9.17, 15) is 9.90 Å². The largest absolute Gasteiger partial charge is 0.508 e. The van der Waals surface area contributed by atoms with Gasteiger partial charge in [-0.2, -0.15) is 0 Å². The molecule has 0 fully saturated rings. The van der Waals surface area contributed by atoms with Crippen molar-refractivity contribution in [2.45, 2.75) is 6.54 Å². The molecule has 0 bridgehead atoms. The smallest absolute Gasteiger partial charge is 0.358 e. The molecule has 0 atom stereocenters. The Bertz CT molecular complexity index is 614. The van der Waals surface area contributed by atoms with Crippen molar-refractivity contribution in [3.8, 4) is 5.75 Å². The molecule has 0 spiro atoms. The molecule has 0 aliphatic rings. The van der Waals surface area contributed by atoms with Crippen molar-refractivity contribution in [3.05, 3.63) is 41.6 Å². The maximum atomic E-state index is 11.2. The fourth-order valence-corrected chi connectivity index (χ4v) is 1.57. The van der Waals surface area contributed by atoms with Crippen molar-refractivity contribution in [3.63, 3.8) is 0 Å². The number of nitrogens with two attached hydrogens (primary N) is 1. The topological polar surface area (TPSA) is 110 Å². The lowest BCUT2D eigenvalue weighted by Gasteiger charge is -2.08. The van der Waals surface area contributed by atoms with Crippen LogP contribution in [-0.4, -0.2) is 28.4 Å². The number of rotatable bonds is 4. The highest BCUT2D eigenvalue weighted by Gasteiger charge is 2.08. The van der Waals surface area contributed by atoms with Gasteiger partial charge in [-0.15, -0.1) is 10.2 Å². The van der Waals surface area contributed by atoms with Gasteiger partial charge in [0.15, 0.2) is 5.69 Å². The molecule has 0 aliphatic heterocycles. The van der Waals surface area contributed by atoms with Crippen LogP contribution >= 0.6 is 0 Å². The zero-order valence-electron chi connectivity index (χ0n) is 10.8. The molecular weight excluding hydrogens is 260 g/mol. The fourth-order valence-electron chi connectivity index (χ4n) is 1.57. The Hall–Kier alpha value is -2.83. The third-order valence-electron chi connectivity index (χ3n) is 2.62. The number of anilines is 2. The number of benzene rings is 1. The van der Waals surface area contributed by atoms with Gasteiger partial charge in [-0.25, -0.2) is 4.79 Å². The minimum Gasteiger partial charge on any atom is -0.508 e. The predicted molar refractivity (Wildman–Crippen MR) is 73.2 cm³/mol. The molecule has 0 radical (unpaired) electrons. The van der Waals surface area contributed by atoms with E-state index < -0.39 is 5.97 Å². The molecule has 7 nitrogen and oxygen atoms in total. The van der Waals surface area contributed by atoms with E-state index in [0.29, 0.717) is 23.6 Å². The molecular formula is C13H14N4O3. The number of hydrogen-bond acceptors (Lipinski definition) is 7. The number of hydrogen-bond donors (Lipinski definition) is 3. The number of nitrogens with zero attached hydrogens (tertiary/aromatic N) is 2. The number of phenolic OH excluding ortho intramolecular Hbond substituents is 1. The third kappa shape index (κ3) is 3.14. The first-order chi connectivity index (χ1) is 9.60.